The Bertz CT molecular complexity index is 931. The lowest BCUT2D eigenvalue weighted by molar-refractivity contribution is -0.144. The highest BCUT2D eigenvalue weighted by Crippen LogP contribution is 2.29. The molecule has 0 saturated carbocycles. The number of anilines is 1. The third-order valence-electron chi connectivity index (χ3n) is 3.16. The van der Waals surface area contributed by atoms with Crippen molar-refractivity contribution in [2.45, 2.75) is 4.34 Å². The highest BCUT2D eigenvalue weighted by atomic mass is 35.5. The Kier molecular flexibility index (Phi) is 6.08. The summed E-state index contributed by atoms with van der Waals surface area (Å²) in [6.45, 7) is -0.451. The van der Waals surface area contributed by atoms with Crippen LogP contribution in [0.25, 0.3) is 10.2 Å². The lowest BCUT2D eigenvalue weighted by Gasteiger charge is -2.07. The summed E-state index contributed by atoms with van der Waals surface area (Å²) in [5, 5.41) is 2.52. The Balaban J connectivity index is 1.45. The maximum atomic E-state index is 13.0. The predicted molar refractivity (Wildman–Crippen MR) is 101 cm³/mol. The third-order valence-corrected chi connectivity index (χ3v) is 5.62. The molecule has 1 heterocycles. The fourth-order valence-electron chi connectivity index (χ4n) is 2.00. The van der Waals surface area contributed by atoms with Gasteiger partial charge in [-0.25, -0.2) is 9.37 Å². The van der Waals surface area contributed by atoms with E-state index < -0.39 is 24.3 Å². The number of thiazole rings is 1. The molecule has 3 aromatic rings. The van der Waals surface area contributed by atoms with Gasteiger partial charge in [-0.2, -0.15) is 0 Å². The Morgan fingerprint density at radius 1 is 1.27 bits per heavy atom. The monoisotopic (exact) mass is 410 g/mol. The first-order chi connectivity index (χ1) is 12.5. The van der Waals surface area contributed by atoms with Gasteiger partial charge in [0.2, 0.25) is 0 Å². The van der Waals surface area contributed by atoms with Crippen LogP contribution in [0.1, 0.15) is 0 Å². The molecule has 0 unspecified atom stereocenters. The van der Waals surface area contributed by atoms with Gasteiger partial charge in [0.1, 0.15) is 5.82 Å². The van der Waals surface area contributed by atoms with Crippen LogP contribution >= 0.6 is 34.7 Å². The molecule has 5 nitrogen and oxygen atoms in total. The van der Waals surface area contributed by atoms with E-state index in [1.165, 1.54) is 35.2 Å². The topological polar surface area (TPSA) is 68.3 Å². The number of benzene rings is 2. The highest BCUT2D eigenvalue weighted by molar-refractivity contribution is 8.01. The van der Waals surface area contributed by atoms with Gasteiger partial charge in [0, 0.05) is 0 Å². The summed E-state index contributed by atoms with van der Waals surface area (Å²) in [7, 11) is 0. The first-order valence-corrected chi connectivity index (χ1v) is 9.58. The second-order valence-electron chi connectivity index (χ2n) is 5.07. The largest absolute Gasteiger partial charge is 0.455 e. The maximum Gasteiger partial charge on any atom is 0.316 e. The fraction of sp³-hybridized carbons (Fsp3) is 0.118. The summed E-state index contributed by atoms with van der Waals surface area (Å²) < 4.78 is 19.7. The van der Waals surface area contributed by atoms with E-state index in [1.54, 1.807) is 0 Å². The highest BCUT2D eigenvalue weighted by Gasteiger charge is 2.12. The van der Waals surface area contributed by atoms with Gasteiger partial charge in [0.25, 0.3) is 5.91 Å². The lowest BCUT2D eigenvalue weighted by Crippen LogP contribution is -2.21. The van der Waals surface area contributed by atoms with E-state index in [1.807, 2.05) is 24.3 Å². The maximum absolute atomic E-state index is 13.0. The first-order valence-electron chi connectivity index (χ1n) is 7.40. The number of carbonyl (C=O) groups excluding carboxylic acids is 2. The van der Waals surface area contributed by atoms with Crippen molar-refractivity contribution in [3.63, 3.8) is 0 Å². The van der Waals surface area contributed by atoms with Crippen molar-refractivity contribution in [3.8, 4) is 0 Å². The van der Waals surface area contributed by atoms with Crippen LogP contribution in [0.5, 0.6) is 0 Å². The van der Waals surface area contributed by atoms with E-state index in [0.29, 0.717) is 0 Å². The van der Waals surface area contributed by atoms with Gasteiger partial charge in [-0.1, -0.05) is 35.5 Å². The second kappa shape index (κ2) is 8.48. The molecule has 9 heteroatoms. The van der Waals surface area contributed by atoms with Gasteiger partial charge >= 0.3 is 5.97 Å². The zero-order valence-electron chi connectivity index (χ0n) is 13.2. The van der Waals surface area contributed by atoms with Gasteiger partial charge in [-0.15, -0.1) is 11.3 Å². The van der Waals surface area contributed by atoms with Crippen LogP contribution in [-0.4, -0.2) is 29.2 Å². The molecule has 0 aliphatic heterocycles. The van der Waals surface area contributed by atoms with Crippen molar-refractivity contribution in [2.24, 2.45) is 0 Å². The Hall–Kier alpha value is -2.16. The molecule has 0 aliphatic carbocycles. The van der Waals surface area contributed by atoms with Crippen LogP contribution < -0.4 is 5.32 Å². The Labute approximate surface area is 161 Å². The zero-order chi connectivity index (χ0) is 18.5. The SMILES string of the molecule is O=C(COC(=O)CSc1nc2ccccc2s1)Nc1ccc(F)cc1Cl. The van der Waals surface area contributed by atoms with Crippen molar-refractivity contribution >= 4 is 62.5 Å². The van der Waals surface area contributed by atoms with Crippen molar-refractivity contribution in [1.29, 1.82) is 0 Å². The minimum atomic E-state index is -0.558. The van der Waals surface area contributed by atoms with Crippen LogP contribution in [-0.2, 0) is 14.3 Å². The van der Waals surface area contributed by atoms with Crippen LogP contribution in [0.2, 0.25) is 5.02 Å². The zero-order valence-corrected chi connectivity index (χ0v) is 15.6. The van der Waals surface area contributed by atoms with E-state index >= 15 is 0 Å². The lowest BCUT2D eigenvalue weighted by atomic mass is 10.3. The first kappa shape index (κ1) is 18.6. The Morgan fingerprint density at radius 2 is 2.08 bits per heavy atom. The number of hydrogen-bond acceptors (Lipinski definition) is 6. The van der Waals surface area contributed by atoms with Gasteiger partial charge in [-0.3, -0.25) is 9.59 Å². The number of fused-ring (bicyclic) bond motifs is 1. The third kappa shape index (κ3) is 4.94. The van der Waals surface area contributed by atoms with Crippen molar-refractivity contribution in [2.75, 3.05) is 17.7 Å². The molecule has 134 valence electrons. The van der Waals surface area contributed by atoms with Crippen LogP contribution in [0.4, 0.5) is 10.1 Å². The molecule has 1 aromatic heterocycles. The van der Waals surface area contributed by atoms with Crippen molar-refractivity contribution in [3.05, 3.63) is 53.3 Å². The molecular formula is C17H12ClFN2O3S2. The standard InChI is InChI=1S/C17H12ClFN2O3S2/c18-11-7-10(19)5-6-12(11)20-15(22)8-24-16(23)9-25-17-21-13-3-1-2-4-14(13)26-17/h1-7H,8-9H2,(H,20,22). The smallest absolute Gasteiger partial charge is 0.316 e. The Morgan fingerprint density at radius 3 is 2.85 bits per heavy atom. The van der Waals surface area contributed by atoms with E-state index in [2.05, 4.69) is 10.3 Å². The van der Waals surface area contributed by atoms with E-state index in [9.17, 15) is 14.0 Å². The summed E-state index contributed by atoms with van der Waals surface area (Å²) >= 11 is 8.56. The normalized spacial score (nSPS) is 10.7. The number of aromatic nitrogens is 1. The average molecular weight is 411 g/mol. The van der Waals surface area contributed by atoms with E-state index in [-0.39, 0.29) is 16.5 Å². The van der Waals surface area contributed by atoms with E-state index in [0.717, 1.165) is 20.6 Å². The van der Waals surface area contributed by atoms with Gasteiger partial charge in [0.15, 0.2) is 10.9 Å². The van der Waals surface area contributed by atoms with Crippen LogP contribution in [0.15, 0.2) is 46.8 Å². The molecule has 0 spiro atoms. The molecule has 2 aromatic carbocycles. The van der Waals surface area contributed by atoms with Gasteiger partial charge in [-0.05, 0) is 30.3 Å². The van der Waals surface area contributed by atoms with Crippen LogP contribution in [0.3, 0.4) is 0 Å². The summed E-state index contributed by atoms with van der Waals surface area (Å²) in [4.78, 5) is 28.0. The second-order valence-corrected chi connectivity index (χ2v) is 7.73. The van der Waals surface area contributed by atoms with Gasteiger partial charge < -0.3 is 10.1 Å². The molecule has 0 radical (unpaired) electrons. The summed E-state index contributed by atoms with van der Waals surface area (Å²) in [5.74, 6) is -1.55. The van der Waals surface area contributed by atoms with Crippen molar-refractivity contribution in [1.82, 2.24) is 4.98 Å². The van der Waals surface area contributed by atoms with Crippen molar-refractivity contribution < 1.29 is 18.7 Å². The van der Waals surface area contributed by atoms with Gasteiger partial charge in [0.05, 0.1) is 26.7 Å². The molecule has 0 bridgehead atoms. The fourth-order valence-corrected chi connectivity index (χ4v) is 4.08. The molecule has 1 N–H and O–H groups in total. The molecular weight excluding hydrogens is 399 g/mol. The quantitative estimate of drug-likeness (QED) is 0.483. The molecule has 1 amide bonds. The number of ether oxygens (including phenoxy) is 1. The number of thioether (sulfide) groups is 1. The predicted octanol–water partition coefficient (Wildman–Crippen LogP) is 4.36. The number of hydrogen-bond donors (Lipinski definition) is 1. The van der Waals surface area contributed by atoms with Crippen LogP contribution in [0, 0.1) is 5.82 Å². The molecule has 0 atom stereocenters. The number of amides is 1. The molecule has 0 saturated heterocycles. The number of para-hydroxylation sites is 1. The number of nitrogens with one attached hydrogen (secondary N) is 1. The van der Waals surface area contributed by atoms with E-state index in [4.69, 9.17) is 16.3 Å². The molecule has 0 fully saturated rings. The number of halogens is 2. The summed E-state index contributed by atoms with van der Waals surface area (Å²) in [6.07, 6.45) is 0. The number of carbonyl (C=O) groups is 2. The number of rotatable bonds is 6. The molecule has 26 heavy (non-hydrogen) atoms. The number of nitrogens with zero attached hydrogens (tertiary/aromatic N) is 1. The summed E-state index contributed by atoms with van der Waals surface area (Å²) in [5.41, 5.74) is 1.13. The minimum Gasteiger partial charge on any atom is -0.455 e. The minimum absolute atomic E-state index is 0.0460. The molecule has 0 aliphatic rings. The number of esters is 1. The molecule has 3 rings (SSSR count). The summed E-state index contributed by atoms with van der Waals surface area (Å²) in [6, 6.07) is 11.3. The average Bonchev–Trinajstić information content (AvgIpc) is 3.03.